The maximum atomic E-state index is 5.23. The average molecular weight is 180 g/mol. The van der Waals surface area contributed by atoms with Gasteiger partial charge in [-0.15, -0.1) is 0 Å². The number of pyridine rings is 1. The highest BCUT2D eigenvalue weighted by Gasteiger charge is 2.11. The van der Waals surface area contributed by atoms with Gasteiger partial charge in [-0.2, -0.15) is 0 Å². The first-order valence-electron chi connectivity index (χ1n) is 4.48. The van der Waals surface area contributed by atoms with E-state index in [0.29, 0.717) is 6.04 Å². The van der Waals surface area contributed by atoms with Gasteiger partial charge in [-0.25, -0.2) is 0 Å². The molecule has 0 saturated carbocycles. The van der Waals surface area contributed by atoms with Gasteiger partial charge in [0.1, 0.15) is 5.75 Å². The first-order chi connectivity index (χ1) is 6.33. The predicted octanol–water partition coefficient (Wildman–Crippen LogP) is 1.76. The Hall–Kier alpha value is -1.09. The Morgan fingerprint density at radius 3 is 2.92 bits per heavy atom. The summed E-state index contributed by atoms with van der Waals surface area (Å²) < 4.78 is 5.23. The molecule has 0 spiro atoms. The monoisotopic (exact) mass is 180 g/mol. The Kier molecular flexibility index (Phi) is 3.71. The topological polar surface area (TPSA) is 34.2 Å². The van der Waals surface area contributed by atoms with Gasteiger partial charge in [0.05, 0.1) is 13.3 Å². The van der Waals surface area contributed by atoms with Crippen molar-refractivity contribution in [2.45, 2.75) is 19.4 Å². The van der Waals surface area contributed by atoms with Crippen molar-refractivity contribution >= 4 is 0 Å². The van der Waals surface area contributed by atoms with E-state index in [2.05, 4.69) is 17.2 Å². The molecule has 3 nitrogen and oxygen atoms in total. The van der Waals surface area contributed by atoms with E-state index in [-0.39, 0.29) is 0 Å². The number of ether oxygens (including phenoxy) is 1. The zero-order chi connectivity index (χ0) is 9.68. The minimum absolute atomic E-state index is 0.345. The van der Waals surface area contributed by atoms with Gasteiger partial charge in [0.25, 0.3) is 0 Å². The summed E-state index contributed by atoms with van der Waals surface area (Å²) in [5.41, 5.74) is 1.17. The fourth-order valence-corrected chi connectivity index (χ4v) is 1.43. The number of rotatable bonds is 4. The highest BCUT2D eigenvalue weighted by molar-refractivity contribution is 5.32. The number of hydrogen-bond acceptors (Lipinski definition) is 3. The van der Waals surface area contributed by atoms with Crippen LogP contribution in [0.25, 0.3) is 0 Å². The lowest BCUT2D eigenvalue weighted by Gasteiger charge is -2.16. The molecule has 0 radical (unpaired) electrons. The maximum absolute atomic E-state index is 5.23. The number of nitrogens with zero attached hydrogens (tertiary/aromatic N) is 1. The molecule has 1 heterocycles. The minimum atomic E-state index is 0.345. The van der Waals surface area contributed by atoms with Crippen molar-refractivity contribution in [2.75, 3.05) is 14.2 Å². The van der Waals surface area contributed by atoms with Crippen LogP contribution in [0.3, 0.4) is 0 Å². The molecule has 13 heavy (non-hydrogen) atoms. The summed E-state index contributed by atoms with van der Waals surface area (Å²) in [5.74, 6) is 0.851. The van der Waals surface area contributed by atoms with E-state index in [1.807, 2.05) is 13.1 Å². The molecule has 3 heteroatoms. The zero-order valence-electron chi connectivity index (χ0n) is 8.37. The van der Waals surface area contributed by atoms with Gasteiger partial charge < -0.3 is 10.1 Å². The van der Waals surface area contributed by atoms with Crippen molar-refractivity contribution in [1.82, 2.24) is 10.3 Å². The molecule has 72 valence electrons. The SMILES string of the molecule is CCC(NC)c1ccncc1OC. The molecule has 0 aliphatic rings. The normalized spacial score (nSPS) is 12.5. The number of nitrogens with one attached hydrogen (secondary N) is 1. The molecule has 1 unspecified atom stereocenters. The van der Waals surface area contributed by atoms with E-state index >= 15 is 0 Å². The van der Waals surface area contributed by atoms with Crippen molar-refractivity contribution in [1.29, 1.82) is 0 Å². The van der Waals surface area contributed by atoms with E-state index < -0.39 is 0 Å². The van der Waals surface area contributed by atoms with Crippen LogP contribution in [0.4, 0.5) is 0 Å². The van der Waals surface area contributed by atoms with Crippen molar-refractivity contribution in [3.63, 3.8) is 0 Å². The molecule has 0 aromatic carbocycles. The molecule has 1 aromatic rings. The van der Waals surface area contributed by atoms with Crippen LogP contribution in [0.1, 0.15) is 24.9 Å². The smallest absolute Gasteiger partial charge is 0.141 e. The summed E-state index contributed by atoms with van der Waals surface area (Å²) in [4.78, 5) is 4.01. The second-order valence-corrected chi connectivity index (χ2v) is 2.87. The summed E-state index contributed by atoms with van der Waals surface area (Å²) in [6.45, 7) is 2.14. The number of aromatic nitrogens is 1. The summed E-state index contributed by atoms with van der Waals surface area (Å²) >= 11 is 0. The Bertz CT molecular complexity index is 259. The third-order valence-corrected chi connectivity index (χ3v) is 2.17. The Labute approximate surface area is 79.1 Å². The molecule has 0 bridgehead atoms. The van der Waals surface area contributed by atoms with Crippen molar-refractivity contribution in [3.05, 3.63) is 24.0 Å². The van der Waals surface area contributed by atoms with Crippen LogP contribution < -0.4 is 10.1 Å². The fraction of sp³-hybridized carbons (Fsp3) is 0.500. The van der Waals surface area contributed by atoms with Gasteiger partial charge in [-0.05, 0) is 19.5 Å². The van der Waals surface area contributed by atoms with Crippen LogP contribution in [0, 0.1) is 0 Å². The summed E-state index contributed by atoms with van der Waals surface area (Å²) in [6.07, 6.45) is 4.57. The van der Waals surface area contributed by atoms with E-state index in [4.69, 9.17) is 4.74 Å². The molecule has 0 saturated heterocycles. The first-order valence-corrected chi connectivity index (χ1v) is 4.48. The molecular formula is C10H16N2O. The number of hydrogen-bond donors (Lipinski definition) is 1. The molecule has 1 N–H and O–H groups in total. The highest BCUT2D eigenvalue weighted by Crippen LogP contribution is 2.25. The summed E-state index contributed by atoms with van der Waals surface area (Å²) in [6, 6.07) is 2.33. The van der Waals surface area contributed by atoms with Crippen LogP contribution in [0.5, 0.6) is 5.75 Å². The Balaban J connectivity index is 2.96. The Morgan fingerprint density at radius 2 is 2.38 bits per heavy atom. The maximum Gasteiger partial charge on any atom is 0.141 e. The molecule has 1 rings (SSSR count). The van der Waals surface area contributed by atoms with Gasteiger partial charge in [0.2, 0.25) is 0 Å². The standard InChI is InChI=1S/C10H16N2O/c1-4-9(11-2)8-5-6-12-7-10(8)13-3/h5-7,9,11H,4H2,1-3H3. The first kappa shape index (κ1) is 9.99. The van der Waals surface area contributed by atoms with Gasteiger partial charge >= 0.3 is 0 Å². The van der Waals surface area contributed by atoms with Crippen LogP contribution in [0.15, 0.2) is 18.5 Å². The molecule has 0 aliphatic carbocycles. The van der Waals surface area contributed by atoms with Crippen LogP contribution >= 0.6 is 0 Å². The molecular weight excluding hydrogens is 164 g/mol. The molecule has 0 amide bonds. The zero-order valence-corrected chi connectivity index (χ0v) is 8.37. The van der Waals surface area contributed by atoms with Gasteiger partial charge in [0, 0.05) is 17.8 Å². The quantitative estimate of drug-likeness (QED) is 0.766. The highest BCUT2D eigenvalue weighted by atomic mass is 16.5. The van der Waals surface area contributed by atoms with Crippen molar-refractivity contribution < 1.29 is 4.74 Å². The third kappa shape index (κ3) is 2.18. The lowest BCUT2D eigenvalue weighted by atomic mass is 10.1. The summed E-state index contributed by atoms with van der Waals surface area (Å²) in [7, 11) is 3.62. The predicted molar refractivity (Wildman–Crippen MR) is 52.9 cm³/mol. The van der Waals surface area contributed by atoms with Gasteiger partial charge in [-0.1, -0.05) is 6.92 Å². The van der Waals surface area contributed by atoms with E-state index in [1.165, 1.54) is 5.56 Å². The molecule has 0 aliphatic heterocycles. The Morgan fingerprint density at radius 1 is 1.62 bits per heavy atom. The largest absolute Gasteiger partial charge is 0.495 e. The lowest BCUT2D eigenvalue weighted by Crippen LogP contribution is -2.16. The van der Waals surface area contributed by atoms with E-state index in [0.717, 1.165) is 12.2 Å². The average Bonchev–Trinajstić information content (AvgIpc) is 2.20. The second-order valence-electron chi connectivity index (χ2n) is 2.87. The second kappa shape index (κ2) is 4.82. The van der Waals surface area contributed by atoms with E-state index in [1.54, 1.807) is 19.5 Å². The summed E-state index contributed by atoms with van der Waals surface area (Å²) in [5, 5.41) is 3.23. The fourth-order valence-electron chi connectivity index (χ4n) is 1.43. The molecule has 1 atom stereocenters. The molecule has 1 aromatic heterocycles. The van der Waals surface area contributed by atoms with Crippen LogP contribution in [-0.4, -0.2) is 19.1 Å². The third-order valence-electron chi connectivity index (χ3n) is 2.17. The van der Waals surface area contributed by atoms with Gasteiger partial charge in [-0.3, -0.25) is 4.98 Å². The molecule has 0 fully saturated rings. The van der Waals surface area contributed by atoms with E-state index in [9.17, 15) is 0 Å². The minimum Gasteiger partial charge on any atom is -0.495 e. The number of methoxy groups -OCH3 is 1. The lowest BCUT2D eigenvalue weighted by molar-refractivity contribution is 0.398. The van der Waals surface area contributed by atoms with Crippen LogP contribution in [-0.2, 0) is 0 Å². The van der Waals surface area contributed by atoms with Crippen molar-refractivity contribution in [3.8, 4) is 5.75 Å². The van der Waals surface area contributed by atoms with Gasteiger partial charge in [0.15, 0.2) is 0 Å². The van der Waals surface area contributed by atoms with Crippen molar-refractivity contribution in [2.24, 2.45) is 0 Å². The van der Waals surface area contributed by atoms with Crippen LogP contribution in [0.2, 0.25) is 0 Å².